The number of aromatic hydroxyl groups is 1. The van der Waals surface area contributed by atoms with Gasteiger partial charge in [0.1, 0.15) is 115 Å². The van der Waals surface area contributed by atoms with Gasteiger partial charge in [-0.15, -0.1) is 0 Å². The van der Waals surface area contributed by atoms with Crippen molar-refractivity contribution in [1.82, 2.24) is 106 Å². The molecule has 1 aromatic carbocycles. The Kier molecular flexibility index (Phi) is 56.4. The molecule has 21 amide bonds. The summed E-state index contributed by atoms with van der Waals surface area (Å²) in [5.74, 6) is -27.2. The molecule has 0 aliphatic carbocycles. The largest absolute Gasteiger partial charge is 0.508 e. The summed E-state index contributed by atoms with van der Waals surface area (Å²) in [5.41, 5.74) is 22.8. The first kappa shape index (κ1) is 129. The molecule has 0 saturated carbocycles. The average molecular weight is 2090 g/mol. The molecule has 1 saturated heterocycles. The van der Waals surface area contributed by atoms with Crippen LogP contribution >= 0.6 is 12.6 Å². The second-order valence-electron chi connectivity index (χ2n) is 38.2. The number of carboxylic acids is 1. The molecular weight excluding hydrogens is 1940 g/mol. The highest BCUT2D eigenvalue weighted by molar-refractivity contribution is 7.80. The third-order valence-corrected chi connectivity index (χ3v) is 23.1. The number of nitrogens with two attached hydrogens (primary N) is 4. The maximum absolute atomic E-state index is 14.7. The molecule has 0 bridgehead atoms. The molecule has 1 heterocycles. The summed E-state index contributed by atoms with van der Waals surface area (Å²) in [5, 5.41) is 125. The van der Waals surface area contributed by atoms with Gasteiger partial charge in [-0.05, 0) is 139 Å². The molecule has 0 radical (unpaired) electrons. The number of aliphatic hydroxyl groups is 5. The minimum absolute atomic E-state index is 0.0212. The lowest BCUT2D eigenvalue weighted by molar-refractivity contribution is -0.144. The van der Waals surface area contributed by atoms with Crippen molar-refractivity contribution in [1.29, 1.82) is 5.41 Å². The number of phenolic OH excluding ortho intramolecular Hbond substituents is 1. The van der Waals surface area contributed by atoms with Crippen molar-refractivity contribution in [2.24, 2.45) is 58.4 Å². The van der Waals surface area contributed by atoms with Gasteiger partial charge in [-0.1, -0.05) is 95.2 Å². The van der Waals surface area contributed by atoms with E-state index in [1.165, 1.54) is 45.0 Å². The second-order valence-corrected chi connectivity index (χ2v) is 38.6. The third-order valence-electron chi connectivity index (χ3n) is 22.7. The summed E-state index contributed by atoms with van der Waals surface area (Å²) in [6.45, 7) is 20.2. The first-order valence-corrected chi connectivity index (χ1v) is 48.7. The van der Waals surface area contributed by atoms with Crippen LogP contribution in [0, 0.1) is 40.9 Å². The van der Waals surface area contributed by atoms with Crippen molar-refractivity contribution in [3.05, 3.63) is 29.8 Å². The zero-order chi connectivity index (χ0) is 111. The minimum atomic E-state index is -2.03. The standard InChI is InChI=1S/C91H153N25O29S/c1-40(2)29-52(92)74(128)105-55(30-41(3)4)77(131)109-61(37-118)82(136)111-63(39-146)84(138)106-56(31-42(5)6)80(134)115-71(49(16)121)88(142)113-69(45(11)12)89(143)116-28-18-20-64(116)85(139)100-47(14)73(127)108-60(36-117)81(135)99-46(13)72(126)104-57(33-50-21-23-51(122)24-22-50)78(132)102-54(25-26-65(93)123)76(130)112-68(44(9)10)87(141)103-53(19-17-27-97-91(95)96)75(129)107-58(34-66(94)124)79(133)110-62(38-119)83(137)114-70(48(15)120)86(140)98-35-67(125)101-59(90(144)145)32-43(7)8/h21-24,40-49,52-64,68-71,117-122,146H,17-20,25-39,92H2,1-16H3,(H2,93,123)(H2,94,124)(H,98,140)(H,99,135)(H,100,139)(H,101,125)(H,102,132)(H,103,141)(H,104,126)(H,105,128)(H,106,138)(H,107,129)(H,108,127)(H,109,131)(H,110,133)(H,111,136)(H,112,130)(H,113,142)(H,114,137)(H,115,134)(H,144,145)(H4,95,96,97)/t46-,47-,48+,49+,52-,53-,54-,55-,56-,57-,58-,59-,60-,61-,62-,63-,64-,68-,69-,70-,71-/m0/s1. The molecule has 822 valence electrons. The minimum Gasteiger partial charge on any atom is -0.508 e. The molecule has 1 aliphatic rings. The van der Waals surface area contributed by atoms with Crippen LogP contribution in [0.25, 0.3) is 0 Å². The van der Waals surface area contributed by atoms with Crippen LogP contribution in [0.15, 0.2) is 24.3 Å². The van der Waals surface area contributed by atoms with Crippen LogP contribution in [0.4, 0.5) is 0 Å². The Morgan fingerprint density at radius 3 is 1.26 bits per heavy atom. The number of primary amides is 2. The Hall–Kier alpha value is -13.3. The normalized spacial score (nSPS) is 16.5. The number of carbonyl (C=O) groups is 22. The lowest BCUT2D eigenvalue weighted by Gasteiger charge is -2.32. The van der Waals surface area contributed by atoms with Crippen molar-refractivity contribution in [2.45, 2.75) is 315 Å². The molecule has 0 spiro atoms. The quantitative estimate of drug-likeness (QED) is 0.0125. The molecule has 1 aromatic rings. The molecule has 1 fully saturated rings. The molecule has 2 rings (SSSR count). The predicted octanol–water partition coefficient (Wildman–Crippen LogP) is -10.7. The number of thiol groups is 1. The fourth-order valence-electron chi connectivity index (χ4n) is 14.7. The maximum Gasteiger partial charge on any atom is 0.326 e. The molecule has 21 atom stereocenters. The summed E-state index contributed by atoms with van der Waals surface area (Å²) in [6.07, 6.45) is -5.91. The van der Waals surface area contributed by atoms with Crippen molar-refractivity contribution in [2.75, 3.05) is 45.2 Å². The number of rotatable bonds is 65. The van der Waals surface area contributed by atoms with E-state index in [1.54, 1.807) is 55.4 Å². The van der Waals surface area contributed by atoms with E-state index in [-0.39, 0.29) is 98.8 Å². The number of likely N-dealkylation sites (tertiary alicyclic amines) is 1. The highest BCUT2D eigenvalue weighted by atomic mass is 32.1. The van der Waals surface area contributed by atoms with E-state index in [1.807, 2.05) is 13.8 Å². The van der Waals surface area contributed by atoms with E-state index in [0.717, 1.165) is 25.7 Å². The van der Waals surface area contributed by atoms with Gasteiger partial charge in [0.2, 0.25) is 124 Å². The number of guanidine groups is 1. The van der Waals surface area contributed by atoms with Crippen LogP contribution in [-0.2, 0) is 112 Å². The van der Waals surface area contributed by atoms with Gasteiger partial charge < -0.3 is 165 Å². The summed E-state index contributed by atoms with van der Waals surface area (Å²) in [4.78, 5) is 302. The Balaban J connectivity index is 2.38. The third kappa shape index (κ3) is 45.6. The maximum atomic E-state index is 14.7. The van der Waals surface area contributed by atoms with Gasteiger partial charge in [0.05, 0.1) is 51.0 Å². The highest BCUT2D eigenvalue weighted by Gasteiger charge is 2.44. The number of nitrogens with one attached hydrogen (secondary N) is 20. The molecule has 35 N–H and O–H groups in total. The van der Waals surface area contributed by atoms with Crippen LogP contribution in [0.1, 0.15) is 187 Å². The van der Waals surface area contributed by atoms with E-state index < -0.39 is 327 Å². The van der Waals surface area contributed by atoms with Gasteiger partial charge in [0.25, 0.3) is 0 Å². The predicted molar refractivity (Wildman–Crippen MR) is 527 cm³/mol. The number of phenols is 1. The summed E-state index contributed by atoms with van der Waals surface area (Å²) >= 11 is 4.22. The van der Waals surface area contributed by atoms with Crippen LogP contribution < -0.4 is 124 Å². The van der Waals surface area contributed by atoms with Gasteiger partial charge in [0.15, 0.2) is 5.96 Å². The van der Waals surface area contributed by atoms with Gasteiger partial charge in [-0.3, -0.25) is 106 Å². The number of benzene rings is 1. The first-order chi connectivity index (χ1) is 68.1. The fraction of sp³-hybridized carbons (Fsp3) is 0.681. The topological polar surface area (TPSA) is 877 Å². The van der Waals surface area contributed by atoms with Gasteiger partial charge in [-0.2, -0.15) is 12.6 Å². The van der Waals surface area contributed by atoms with Crippen LogP contribution in [0.3, 0.4) is 0 Å². The van der Waals surface area contributed by atoms with Crippen LogP contribution in [0.5, 0.6) is 5.75 Å². The van der Waals surface area contributed by atoms with Crippen molar-refractivity contribution in [3.8, 4) is 5.75 Å². The van der Waals surface area contributed by atoms with Gasteiger partial charge in [0, 0.05) is 31.7 Å². The lowest BCUT2D eigenvalue weighted by Crippen LogP contribution is -2.63. The van der Waals surface area contributed by atoms with Crippen molar-refractivity contribution < 1.29 is 141 Å². The number of amides is 21. The SMILES string of the molecule is CC(C)C[C@H](NC(=O)CNC(=O)[C@@H](NC(=O)[C@H](CO)NC(=O)[C@H](CC(N)=O)NC(=O)[C@H](CCCNC(=N)N)NC(=O)[C@@H](NC(=O)[C@H](CCC(N)=O)NC(=O)[C@H](Cc1ccc(O)cc1)NC(=O)[C@H](C)NC(=O)[C@H](CO)NC(=O)[C@H](C)NC(=O)[C@@H]1CCCN1C(=O)[C@@H](NC(=O)[C@@H](NC(=O)[C@H](CC(C)C)NC(=O)[C@H](CS)NC(=O)[C@H](CO)NC(=O)[C@H](CC(C)C)NC(=O)[C@@H](N)CC(C)C)[C@@H](C)O)C(C)C)C(C)C)[C@@H](C)O)C(=O)O. The number of hydrogen-bond acceptors (Lipinski definition) is 31. The Morgan fingerprint density at radius 2 is 0.781 bits per heavy atom. The number of carbonyl (C=O) groups excluding carboxylic acids is 21. The summed E-state index contributed by atoms with van der Waals surface area (Å²) in [7, 11) is 0. The van der Waals surface area contributed by atoms with E-state index in [9.17, 15) is 141 Å². The number of hydrogen-bond donors (Lipinski definition) is 32. The summed E-state index contributed by atoms with van der Waals surface area (Å²) < 4.78 is 0. The van der Waals surface area contributed by atoms with E-state index >= 15 is 0 Å². The number of aliphatic hydroxyl groups excluding tert-OH is 5. The molecule has 55 heteroatoms. The highest BCUT2D eigenvalue weighted by Crippen LogP contribution is 2.23. The average Bonchev–Trinajstić information content (AvgIpc) is 1.64. The molecular formula is C91H153N25O29S. The van der Waals surface area contributed by atoms with Crippen molar-refractivity contribution >= 4 is 149 Å². The van der Waals surface area contributed by atoms with E-state index in [0.29, 0.717) is 6.42 Å². The molecule has 146 heavy (non-hydrogen) atoms. The van der Waals surface area contributed by atoms with Crippen LogP contribution in [-0.4, -0.2) is 349 Å². The second kappa shape index (κ2) is 63.9. The fourth-order valence-corrected chi connectivity index (χ4v) is 15.0. The van der Waals surface area contributed by atoms with E-state index in [2.05, 4.69) is 114 Å². The number of carboxylic acid groups (broad SMARTS) is 1. The van der Waals surface area contributed by atoms with E-state index in [4.69, 9.17) is 28.3 Å². The van der Waals surface area contributed by atoms with Gasteiger partial charge in [-0.25, -0.2) is 4.79 Å². The molecule has 0 unspecified atom stereocenters. The molecule has 54 nitrogen and oxygen atoms in total. The number of nitrogens with zero attached hydrogens (tertiary/aromatic N) is 1. The Bertz CT molecular complexity index is 4650. The van der Waals surface area contributed by atoms with Crippen molar-refractivity contribution in [3.63, 3.8) is 0 Å². The molecule has 0 aromatic heterocycles. The Morgan fingerprint density at radius 1 is 0.404 bits per heavy atom. The Labute approximate surface area is 851 Å². The lowest BCUT2D eigenvalue weighted by atomic mass is 10.00. The smallest absolute Gasteiger partial charge is 0.326 e. The van der Waals surface area contributed by atoms with Crippen LogP contribution in [0.2, 0.25) is 0 Å². The zero-order valence-corrected chi connectivity index (χ0v) is 86.0. The first-order valence-electron chi connectivity index (χ1n) is 48.1. The zero-order valence-electron chi connectivity index (χ0n) is 85.1. The monoisotopic (exact) mass is 2090 g/mol. The summed E-state index contributed by atoms with van der Waals surface area (Å²) in [6, 6.07) is -25.4. The molecule has 1 aliphatic heterocycles. The number of aliphatic carboxylic acids is 1. The van der Waals surface area contributed by atoms with Gasteiger partial charge >= 0.3 is 5.97 Å².